The number of benzene rings is 1. The van der Waals surface area contributed by atoms with Crippen LogP contribution < -0.4 is 0 Å². The van der Waals surface area contributed by atoms with E-state index in [2.05, 4.69) is 5.10 Å². The van der Waals surface area contributed by atoms with E-state index >= 15 is 0 Å². The SMILES string of the molecule is Cc1c(CC=O)cnn1-c1cccc(F)c1. The molecule has 0 unspecified atom stereocenters. The Bertz CT molecular complexity index is 519. The van der Waals surface area contributed by atoms with Crippen LogP contribution in [0, 0.1) is 12.7 Å². The number of halogens is 1. The van der Waals surface area contributed by atoms with Crippen LogP contribution in [0.3, 0.4) is 0 Å². The summed E-state index contributed by atoms with van der Waals surface area (Å²) in [6.45, 7) is 1.86. The molecule has 4 heteroatoms. The number of rotatable bonds is 3. The predicted molar refractivity (Wildman–Crippen MR) is 58.0 cm³/mol. The maximum Gasteiger partial charge on any atom is 0.125 e. The molecule has 2 rings (SSSR count). The van der Waals surface area contributed by atoms with Crippen LogP contribution in [0.15, 0.2) is 30.5 Å². The van der Waals surface area contributed by atoms with Crippen molar-refractivity contribution < 1.29 is 9.18 Å². The summed E-state index contributed by atoms with van der Waals surface area (Å²) in [5, 5.41) is 4.14. The van der Waals surface area contributed by atoms with Gasteiger partial charge < -0.3 is 4.79 Å². The Hall–Kier alpha value is -1.97. The van der Waals surface area contributed by atoms with Gasteiger partial charge >= 0.3 is 0 Å². The van der Waals surface area contributed by atoms with E-state index in [-0.39, 0.29) is 5.82 Å². The molecular weight excluding hydrogens is 207 g/mol. The molecule has 1 heterocycles. The second-order valence-electron chi connectivity index (χ2n) is 3.52. The maximum absolute atomic E-state index is 13.0. The lowest BCUT2D eigenvalue weighted by molar-refractivity contribution is -0.107. The number of aromatic nitrogens is 2. The second-order valence-corrected chi connectivity index (χ2v) is 3.52. The average molecular weight is 218 g/mol. The van der Waals surface area contributed by atoms with E-state index in [1.807, 2.05) is 6.92 Å². The number of aldehydes is 1. The third-order valence-corrected chi connectivity index (χ3v) is 2.47. The minimum Gasteiger partial charge on any atom is -0.303 e. The van der Waals surface area contributed by atoms with E-state index in [9.17, 15) is 9.18 Å². The maximum atomic E-state index is 13.0. The molecule has 0 radical (unpaired) electrons. The van der Waals surface area contributed by atoms with Crippen LogP contribution in [0.25, 0.3) is 5.69 Å². The fraction of sp³-hybridized carbons (Fsp3) is 0.167. The Labute approximate surface area is 92.5 Å². The Kier molecular flexibility index (Phi) is 2.81. The van der Waals surface area contributed by atoms with Gasteiger partial charge in [0.25, 0.3) is 0 Å². The van der Waals surface area contributed by atoms with Crippen LogP contribution in [0.4, 0.5) is 4.39 Å². The smallest absolute Gasteiger partial charge is 0.125 e. The van der Waals surface area contributed by atoms with Crippen LogP contribution in [0.2, 0.25) is 0 Å². The fourth-order valence-corrected chi connectivity index (χ4v) is 1.60. The number of nitrogens with zero attached hydrogens (tertiary/aromatic N) is 2. The molecule has 0 spiro atoms. The highest BCUT2D eigenvalue weighted by Crippen LogP contribution is 2.14. The van der Waals surface area contributed by atoms with Crippen LogP contribution in [0.5, 0.6) is 0 Å². The molecule has 0 saturated carbocycles. The molecule has 1 aromatic heterocycles. The summed E-state index contributed by atoms with van der Waals surface area (Å²) < 4.78 is 14.7. The molecule has 82 valence electrons. The molecule has 0 aliphatic rings. The van der Waals surface area contributed by atoms with E-state index < -0.39 is 0 Å². The molecule has 0 N–H and O–H groups in total. The van der Waals surface area contributed by atoms with Crippen molar-refractivity contribution in [2.45, 2.75) is 13.3 Å². The molecule has 16 heavy (non-hydrogen) atoms. The van der Waals surface area contributed by atoms with Gasteiger partial charge in [0.2, 0.25) is 0 Å². The zero-order chi connectivity index (χ0) is 11.5. The third kappa shape index (κ3) is 1.86. The van der Waals surface area contributed by atoms with Crippen molar-refractivity contribution in [3.63, 3.8) is 0 Å². The van der Waals surface area contributed by atoms with Gasteiger partial charge in [-0.2, -0.15) is 5.10 Å². The fourth-order valence-electron chi connectivity index (χ4n) is 1.60. The summed E-state index contributed by atoms with van der Waals surface area (Å²) in [5.74, 6) is -0.302. The van der Waals surface area contributed by atoms with Gasteiger partial charge in [0.1, 0.15) is 12.1 Å². The van der Waals surface area contributed by atoms with Crippen molar-refractivity contribution >= 4 is 6.29 Å². The second kappa shape index (κ2) is 4.26. The highest BCUT2D eigenvalue weighted by molar-refractivity contribution is 5.55. The Morgan fingerprint density at radius 2 is 2.31 bits per heavy atom. The third-order valence-electron chi connectivity index (χ3n) is 2.47. The first kappa shape index (κ1) is 10.5. The van der Waals surface area contributed by atoms with Gasteiger partial charge in [-0.05, 0) is 25.1 Å². The van der Waals surface area contributed by atoms with Crippen molar-refractivity contribution in [2.24, 2.45) is 0 Å². The predicted octanol–water partition coefficient (Wildman–Crippen LogP) is 2.06. The molecule has 2 aromatic rings. The molecule has 0 amide bonds. The molecule has 0 aliphatic heterocycles. The van der Waals surface area contributed by atoms with Crippen LogP contribution in [-0.4, -0.2) is 16.1 Å². The highest BCUT2D eigenvalue weighted by atomic mass is 19.1. The van der Waals surface area contributed by atoms with Crippen molar-refractivity contribution in [3.05, 3.63) is 47.5 Å². The van der Waals surface area contributed by atoms with Gasteiger partial charge in [0.05, 0.1) is 11.9 Å². The minimum atomic E-state index is -0.302. The molecule has 0 atom stereocenters. The molecule has 0 bridgehead atoms. The Balaban J connectivity index is 2.44. The first-order valence-corrected chi connectivity index (χ1v) is 4.95. The Morgan fingerprint density at radius 3 is 3.00 bits per heavy atom. The summed E-state index contributed by atoms with van der Waals surface area (Å²) in [7, 11) is 0. The van der Waals surface area contributed by atoms with E-state index in [1.54, 1.807) is 23.0 Å². The molecular formula is C12H11FN2O. The van der Waals surface area contributed by atoms with Crippen molar-refractivity contribution in [1.29, 1.82) is 0 Å². The van der Waals surface area contributed by atoms with Gasteiger partial charge in [0.15, 0.2) is 0 Å². The van der Waals surface area contributed by atoms with Crippen LogP contribution in [0.1, 0.15) is 11.3 Å². The normalized spacial score (nSPS) is 10.4. The first-order chi connectivity index (χ1) is 7.72. The monoisotopic (exact) mass is 218 g/mol. The lowest BCUT2D eigenvalue weighted by Gasteiger charge is -2.04. The average Bonchev–Trinajstić information content (AvgIpc) is 2.61. The van der Waals surface area contributed by atoms with Gasteiger partial charge in [0, 0.05) is 17.7 Å². The van der Waals surface area contributed by atoms with Gasteiger partial charge in [-0.1, -0.05) is 6.07 Å². The van der Waals surface area contributed by atoms with Crippen molar-refractivity contribution in [2.75, 3.05) is 0 Å². The van der Waals surface area contributed by atoms with Crippen LogP contribution >= 0.6 is 0 Å². The molecule has 0 aliphatic carbocycles. The quantitative estimate of drug-likeness (QED) is 0.739. The Morgan fingerprint density at radius 1 is 1.50 bits per heavy atom. The molecule has 3 nitrogen and oxygen atoms in total. The lowest BCUT2D eigenvalue weighted by Crippen LogP contribution is -2.00. The highest BCUT2D eigenvalue weighted by Gasteiger charge is 2.07. The van der Waals surface area contributed by atoms with Crippen LogP contribution in [-0.2, 0) is 11.2 Å². The van der Waals surface area contributed by atoms with Gasteiger partial charge in [-0.3, -0.25) is 0 Å². The molecule has 1 aromatic carbocycles. The summed E-state index contributed by atoms with van der Waals surface area (Å²) in [6.07, 6.45) is 2.80. The summed E-state index contributed by atoms with van der Waals surface area (Å²) in [6, 6.07) is 6.19. The summed E-state index contributed by atoms with van der Waals surface area (Å²) in [5.41, 5.74) is 2.38. The standard InChI is InChI=1S/C12H11FN2O/c1-9-10(5-6-16)8-14-15(9)12-4-2-3-11(13)7-12/h2-4,6-8H,5H2,1H3. The van der Waals surface area contributed by atoms with Crippen molar-refractivity contribution in [3.8, 4) is 5.69 Å². The zero-order valence-electron chi connectivity index (χ0n) is 8.85. The lowest BCUT2D eigenvalue weighted by atomic mass is 10.2. The summed E-state index contributed by atoms with van der Waals surface area (Å²) >= 11 is 0. The van der Waals surface area contributed by atoms with Crippen molar-refractivity contribution in [1.82, 2.24) is 9.78 Å². The first-order valence-electron chi connectivity index (χ1n) is 4.95. The van der Waals surface area contributed by atoms with E-state index in [0.717, 1.165) is 17.5 Å². The minimum absolute atomic E-state index is 0.302. The number of hydrogen-bond donors (Lipinski definition) is 0. The largest absolute Gasteiger partial charge is 0.303 e. The van der Waals surface area contributed by atoms with E-state index in [4.69, 9.17) is 0 Å². The summed E-state index contributed by atoms with van der Waals surface area (Å²) in [4.78, 5) is 10.4. The zero-order valence-corrected chi connectivity index (χ0v) is 8.85. The number of carbonyl (C=O) groups excluding carboxylic acids is 1. The molecule has 0 fully saturated rings. The number of carbonyl (C=O) groups is 1. The van der Waals surface area contributed by atoms with E-state index in [0.29, 0.717) is 12.1 Å². The van der Waals surface area contributed by atoms with Gasteiger partial charge in [-0.25, -0.2) is 9.07 Å². The number of hydrogen-bond acceptors (Lipinski definition) is 2. The molecule has 0 saturated heterocycles. The topological polar surface area (TPSA) is 34.9 Å². The van der Waals surface area contributed by atoms with E-state index in [1.165, 1.54) is 12.1 Å². The van der Waals surface area contributed by atoms with Gasteiger partial charge in [-0.15, -0.1) is 0 Å².